The molecule has 0 aromatic heterocycles. The summed E-state index contributed by atoms with van der Waals surface area (Å²) in [6.45, 7) is 1.08. The molecule has 2 aromatic carbocycles. The van der Waals surface area contributed by atoms with E-state index in [1.165, 1.54) is 11.8 Å². The zero-order chi connectivity index (χ0) is 23.1. The number of nitrogens with one attached hydrogen (secondary N) is 2. The maximum atomic E-state index is 12.7. The maximum Gasteiger partial charge on any atom is 0.490 e. The second kappa shape index (κ2) is 11.1. The van der Waals surface area contributed by atoms with Gasteiger partial charge >= 0.3 is 12.1 Å². The van der Waals surface area contributed by atoms with Crippen LogP contribution in [0.2, 0.25) is 5.02 Å². The van der Waals surface area contributed by atoms with Crippen molar-refractivity contribution in [2.45, 2.75) is 30.0 Å². The molecule has 0 radical (unpaired) electrons. The fourth-order valence-electron chi connectivity index (χ4n) is 3.33. The van der Waals surface area contributed by atoms with Crippen LogP contribution in [-0.2, 0) is 16.0 Å². The number of esters is 1. The van der Waals surface area contributed by atoms with E-state index in [1.54, 1.807) is 36.4 Å². The van der Waals surface area contributed by atoms with Crippen molar-refractivity contribution in [2.24, 2.45) is 0 Å². The van der Waals surface area contributed by atoms with E-state index < -0.39 is 18.2 Å². The Bertz CT molecular complexity index is 957. The average molecular weight is 487 g/mol. The van der Waals surface area contributed by atoms with Crippen LogP contribution >= 0.6 is 23.4 Å². The summed E-state index contributed by atoms with van der Waals surface area (Å²) in [6.07, 6.45) is -4.89. The Kier molecular flexibility index (Phi) is 8.44. The third-order valence-electron chi connectivity index (χ3n) is 4.85. The number of alkyl halides is 3. The zero-order valence-corrected chi connectivity index (χ0v) is 18.6. The number of hydrogen-bond acceptors (Lipinski definition) is 5. The highest BCUT2D eigenvalue weighted by Gasteiger charge is 2.43. The standard InChI is InChI=1S/C22H22ClF3N2O3S/c23-17-8-7-15-16(9-11-27-13-18(15)31-21(30)22(24,25)26)19(17)32-12-4-10-28-20(29)14-5-2-1-3-6-14/h1-3,5-8,18,27H,4,9-13H2,(H,28,29). The van der Waals surface area contributed by atoms with Crippen LogP contribution in [0.1, 0.15) is 34.0 Å². The molecule has 3 rings (SSSR count). The van der Waals surface area contributed by atoms with Crippen LogP contribution in [-0.4, -0.2) is 43.4 Å². The van der Waals surface area contributed by atoms with Crippen LogP contribution in [0.15, 0.2) is 47.4 Å². The molecule has 0 saturated heterocycles. The Morgan fingerprint density at radius 3 is 2.66 bits per heavy atom. The van der Waals surface area contributed by atoms with Crippen molar-refractivity contribution in [1.82, 2.24) is 10.6 Å². The Morgan fingerprint density at radius 2 is 1.94 bits per heavy atom. The lowest BCUT2D eigenvalue weighted by Crippen LogP contribution is -2.30. The van der Waals surface area contributed by atoms with Gasteiger partial charge in [-0.15, -0.1) is 11.8 Å². The number of carbonyl (C=O) groups excluding carboxylic acids is 2. The molecule has 0 aliphatic carbocycles. The lowest BCUT2D eigenvalue weighted by atomic mass is 10.0. The third-order valence-corrected chi connectivity index (χ3v) is 6.52. The van der Waals surface area contributed by atoms with Gasteiger partial charge in [0.25, 0.3) is 5.91 Å². The highest BCUT2D eigenvalue weighted by Crippen LogP contribution is 2.38. The van der Waals surface area contributed by atoms with Crippen LogP contribution in [0, 0.1) is 0 Å². The van der Waals surface area contributed by atoms with Crippen LogP contribution in [0.5, 0.6) is 0 Å². The lowest BCUT2D eigenvalue weighted by molar-refractivity contribution is -0.205. The first-order chi connectivity index (χ1) is 15.3. The van der Waals surface area contributed by atoms with E-state index >= 15 is 0 Å². The van der Waals surface area contributed by atoms with E-state index in [9.17, 15) is 22.8 Å². The molecular formula is C22H22ClF3N2O3S. The molecule has 2 aromatic rings. The highest BCUT2D eigenvalue weighted by atomic mass is 35.5. The summed E-state index contributed by atoms with van der Waals surface area (Å²) in [4.78, 5) is 24.2. The SMILES string of the molecule is O=C(NCCCSc1c(Cl)ccc2c1CCNCC2OC(=O)C(F)(F)F)c1ccccc1. The van der Waals surface area contributed by atoms with Gasteiger partial charge in [-0.3, -0.25) is 4.79 Å². The number of thioether (sulfide) groups is 1. The number of amides is 1. The summed E-state index contributed by atoms with van der Waals surface area (Å²) < 4.78 is 42.8. The molecule has 0 fully saturated rings. The van der Waals surface area contributed by atoms with Gasteiger partial charge in [0, 0.05) is 23.5 Å². The quantitative estimate of drug-likeness (QED) is 0.341. The fraction of sp³-hybridized carbons (Fsp3) is 0.364. The van der Waals surface area contributed by atoms with Gasteiger partial charge in [-0.25, -0.2) is 4.79 Å². The van der Waals surface area contributed by atoms with E-state index in [1.807, 2.05) is 6.07 Å². The highest BCUT2D eigenvalue weighted by molar-refractivity contribution is 7.99. The van der Waals surface area contributed by atoms with Crippen molar-refractivity contribution in [3.8, 4) is 0 Å². The third kappa shape index (κ3) is 6.40. The summed E-state index contributed by atoms with van der Waals surface area (Å²) in [5, 5.41) is 6.35. The number of carbonyl (C=O) groups is 2. The molecule has 5 nitrogen and oxygen atoms in total. The predicted molar refractivity (Wildman–Crippen MR) is 117 cm³/mol. The molecule has 0 saturated carbocycles. The van der Waals surface area contributed by atoms with Crippen LogP contribution in [0.3, 0.4) is 0 Å². The van der Waals surface area contributed by atoms with Crippen LogP contribution < -0.4 is 10.6 Å². The zero-order valence-electron chi connectivity index (χ0n) is 17.0. The molecule has 1 aliphatic heterocycles. The normalized spacial score (nSPS) is 16.1. The number of fused-ring (bicyclic) bond motifs is 1. The molecule has 10 heteroatoms. The Balaban J connectivity index is 1.63. The molecule has 172 valence electrons. The maximum absolute atomic E-state index is 12.7. The van der Waals surface area contributed by atoms with Crippen LogP contribution in [0.4, 0.5) is 13.2 Å². The average Bonchev–Trinajstić information content (AvgIpc) is 2.97. The number of hydrogen-bond donors (Lipinski definition) is 2. The van der Waals surface area contributed by atoms with Crippen LogP contribution in [0.25, 0.3) is 0 Å². The molecule has 32 heavy (non-hydrogen) atoms. The van der Waals surface area contributed by atoms with Gasteiger partial charge in [-0.05, 0) is 54.5 Å². The molecule has 1 aliphatic rings. The first-order valence-electron chi connectivity index (χ1n) is 10.0. The second-order valence-corrected chi connectivity index (χ2v) is 8.63. The first kappa shape index (κ1) is 24.4. The fourth-order valence-corrected chi connectivity index (χ4v) is 4.76. The minimum atomic E-state index is -5.05. The van der Waals surface area contributed by atoms with Gasteiger partial charge in [0.2, 0.25) is 0 Å². The topological polar surface area (TPSA) is 67.4 Å². The number of ether oxygens (including phenoxy) is 1. The first-order valence-corrected chi connectivity index (χ1v) is 11.4. The van der Waals surface area contributed by atoms with Crippen molar-refractivity contribution in [3.63, 3.8) is 0 Å². The number of benzene rings is 2. The Hall–Kier alpha value is -2.23. The molecular weight excluding hydrogens is 465 g/mol. The van der Waals surface area contributed by atoms with Gasteiger partial charge in [0.05, 0.1) is 5.02 Å². The van der Waals surface area contributed by atoms with E-state index in [0.717, 1.165) is 10.5 Å². The van der Waals surface area contributed by atoms with Gasteiger partial charge in [-0.2, -0.15) is 13.2 Å². The van der Waals surface area contributed by atoms with Gasteiger partial charge < -0.3 is 15.4 Å². The summed E-state index contributed by atoms with van der Waals surface area (Å²) >= 11 is 7.86. The van der Waals surface area contributed by atoms with Crippen molar-refractivity contribution >= 4 is 35.2 Å². The lowest BCUT2D eigenvalue weighted by Gasteiger charge is -2.21. The summed E-state index contributed by atoms with van der Waals surface area (Å²) in [6, 6.07) is 12.1. The van der Waals surface area contributed by atoms with E-state index in [0.29, 0.717) is 47.8 Å². The second-order valence-electron chi connectivity index (χ2n) is 7.11. The van der Waals surface area contributed by atoms with Gasteiger partial charge in [0.1, 0.15) is 6.10 Å². The molecule has 0 spiro atoms. The summed E-state index contributed by atoms with van der Waals surface area (Å²) in [7, 11) is 0. The molecule has 1 unspecified atom stereocenters. The van der Waals surface area contributed by atoms with Crippen molar-refractivity contribution in [1.29, 1.82) is 0 Å². The Morgan fingerprint density at radius 1 is 1.19 bits per heavy atom. The number of halogens is 4. The monoisotopic (exact) mass is 486 g/mol. The minimum absolute atomic E-state index is 0.0894. The Labute approximate surface area is 193 Å². The molecule has 1 amide bonds. The number of rotatable bonds is 7. The van der Waals surface area contributed by atoms with Crippen molar-refractivity contribution in [3.05, 3.63) is 64.2 Å². The molecule has 1 heterocycles. The summed E-state index contributed by atoms with van der Waals surface area (Å²) in [5.41, 5.74) is 1.89. The van der Waals surface area contributed by atoms with Gasteiger partial charge in [0.15, 0.2) is 0 Å². The van der Waals surface area contributed by atoms with Crippen molar-refractivity contribution in [2.75, 3.05) is 25.4 Å². The molecule has 0 bridgehead atoms. The molecule has 1 atom stereocenters. The van der Waals surface area contributed by atoms with E-state index in [-0.39, 0.29) is 12.5 Å². The van der Waals surface area contributed by atoms with E-state index in [4.69, 9.17) is 16.3 Å². The minimum Gasteiger partial charge on any atom is -0.449 e. The van der Waals surface area contributed by atoms with Crippen molar-refractivity contribution < 1.29 is 27.5 Å². The smallest absolute Gasteiger partial charge is 0.449 e. The molecule has 2 N–H and O–H groups in total. The van der Waals surface area contributed by atoms with Gasteiger partial charge in [-0.1, -0.05) is 35.9 Å². The van der Waals surface area contributed by atoms with E-state index in [2.05, 4.69) is 10.6 Å². The predicted octanol–water partition coefficient (Wildman–Crippen LogP) is 4.54. The summed E-state index contributed by atoms with van der Waals surface area (Å²) in [5.74, 6) is -1.72. The largest absolute Gasteiger partial charge is 0.490 e.